The molecule has 0 spiro atoms. The van der Waals surface area contributed by atoms with Gasteiger partial charge in [-0.3, -0.25) is 4.79 Å². The molecule has 2 aromatic carbocycles. The van der Waals surface area contributed by atoms with Crippen LogP contribution in [0.5, 0.6) is 0 Å². The molecule has 4 nitrogen and oxygen atoms in total. The van der Waals surface area contributed by atoms with Crippen molar-refractivity contribution in [1.82, 2.24) is 0 Å². The molecule has 0 saturated carbocycles. The van der Waals surface area contributed by atoms with Gasteiger partial charge in [-0.15, -0.1) is 0 Å². The molecular formula is C20H19NO3. The number of methoxy groups -OCH3 is 1. The monoisotopic (exact) mass is 321 g/mol. The van der Waals surface area contributed by atoms with E-state index in [4.69, 9.17) is 4.74 Å². The number of amides is 1. The lowest BCUT2D eigenvalue weighted by Gasteiger charge is -2.15. The topological polar surface area (TPSA) is 46.6 Å². The summed E-state index contributed by atoms with van der Waals surface area (Å²) < 4.78 is 4.70. The highest BCUT2D eigenvalue weighted by Crippen LogP contribution is 2.37. The fourth-order valence-electron chi connectivity index (χ4n) is 2.89. The summed E-state index contributed by atoms with van der Waals surface area (Å²) in [6.07, 6.45) is 2.78. The minimum atomic E-state index is -0.370. The molecule has 0 aliphatic carbocycles. The van der Waals surface area contributed by atoms with E-state index in [-0.39, 0.29) is 11.9 Å². The van der Waals surface area contributed by atoms with Gasteiger partial charge in [0.05, 0.1) is 18.4 Å². The number of rotatable bonds is 4. The minimum absolute atomic E-state index is 0.0232. The average molecular weight is 321 g/mol. The van der Waals surface area contributed by atoms with Crippen LogP contribution >= 0.6 is 0 Å². The lowest BCUT2D eigenvalue weighted by Crippen LogP contribution is -2.26. The first-order valence-electron chi connectivity index (χ1n) is 7.97. The van der Waals surface area contributed by atoms with Crippen molar-refractivity contribution >= 4 is 29.2 Å². The van der Waals surface area contributed by atoms with Crippen LogP contribution in [0.25, 0.3) is 11.6 Å². The summed E-state index contributed by atoms with van der Waals surface area (Å²) in [4.78, 5) is 26.1. The van der Waals surface area contributed by atoms with E-state index in [1.807, 2.05) is 47.4 Å². The number of carbonyl (C=O) groups excluding carboxylic acids is 2. The maximum Gasteiger partial charge on any atom is 0.337 e. The number of nitrogens with zero attached hydrogens (tertiary/aromatic N) is 1. The number of fused-ring (bicyclic) bond motifs is 1. The van der Waals surface area contributed by atoms with E-state index in [0.717, 1.165) is 23.2 Å². The molecule has 0 bridgehead atoms. The molecule has 1 amide bonds. The Morgan fingerprint density at radius 2 is 1.83 bits per heavy atom. The molecule has 0 fully saturated rings. The van der Waals surface area contributed by atoms with Crippen molar-refractivity contribution in [1.29, 1.82) is 0 Å². The number of hydrogen-bond donors (Lipinski definition) is 0. The van der Waals surface area contributed by atoms with Gasteiger partial charge in [0.2, 0.25) is 0 Å². The molecule has 122 valence electrons. The molecule has 0 atom stereocenters. The van der Waals surface area contributed by atoms with Crippen LogP contribution in [0.3, 0.4) is 0 Å². The van der Waals surface area contributed by atoms with Gasteiger partial charge in [0, 0.05) is 17.7 Å². The molecule has 3 rings (SSSR count). The normalized spacial score (nSPS) is 14.8. The summed E-state index contributed by atoms with van der Waals surface area (Å²) in [7, 11) is 1.36. The molecular weight excluding hydrogens is 302 g/mol. The van der Waals surface area contributed by atoms with Crippen LogP contribution in [0.15, 0.2) is 48.5 Å². The smallest absolute Gasteiger partial charge is 0.337 e. The molecule has 2 aromatic rings. The Morgan fingerprint density at radius 1 is 1.12 bits per heavy atom. The standard InChI is InChI=1S/C20H19NO3/c1-3-12-21-18-7-5-4-6-16(18)17(19(21)22)13-14-8-10-15(11-9-14)20(23)24-2/h4-11,13H,3,12H2,1-2H3/b17-13-. The van der Waals surface area contributed by atoms with E-state index in [0.29, 0.717) is 17.7 Å². The zero-order chi connectivity index (χ0) is 17.1. The summed E-state index contributed by atoms with van der Waals surface area (Å²) in [6.45, 7) is 2.76. The van der Waals surface area contributed by atoms with Crippen LogP contribution in [0.1, 0.15) is 34.8 Å². The Hall–Kier alpha value is -2.88. The fraction of sp³-hybridized carbons (Fsp3) is 0.200. The maximum absolute atomic E-state index is 12.8. The first kappa shape index (κ1) is 16.0. The van der Waals surface area contributed by atoms with Crippen molar-refractivity contribution in [3.63, 3.8) is 0 Å². The van der Waals surface area contributed by atoms with Crippen LogP contribution in [0, 0.1) is 0 Å². The Kier molecular flexibility index (Phi) is 4.47. The fourth-order valence-corrected chi connectivity index (χ4v) is 2.89. The minimum Gasteiger partial charge on any atom is -0.465 e. The molecule has 0 radical (unpaired) electrons. The SMILES string of the molecule is CCCN1C(=O)/C(=C\c2ccc(C(=O)OC)cc2)c2ccccc21. The van der Waals surface area contributed by atoms with Gasteiger partial charge in [-0.1, -0.05) is 37.3 Å². The number of para-hydroxylation sites is 1. The van der Waals surface area contributed by atoms with E-state index in [2.05, 4.69) is 6.92 Å². The van der Waals surface area contributed by atoms with Crippen molar-refractivity contribution in [2.45, 2.75) is 13.3 Å². The van der Waals surface area contributed by atoms with E-state index >= 15 is 0 Å². The van der Waals surface area contributed by atoms with Crippen LogP contribution in [0.2, 0.25) is 0 Å². The van der Waals surface area contributed by atoms with Gasteiger partial charge in [0.15, 0.2) is 0 Å². The first-order valence-corrected chi connectivity index (χ1v) is 7.97. The van der Waals surface area contributed by atoms with E-state index in [9.17, 15) is 9.59 Å². The third-order valence-corrected chi connectivity index (χ3v) is 4.05. The summed E-state index contributed by atoms with van der Waals surface area (Å²) >= 11 is 0. The molecule has 4 heteroatoms. The van der Waals surface area contributed by atoms with E-state index in [1.165, 1.54) is 7.11 Å². The lowest BCUT2D eigenvalue weighted by molar-refractivity contribution is -0.113. The molecule has 0 saturated heterocycles. The molecule has 1 aliphatic rings. The van der Waals surface area contributed by atoms with Gasteiger partial charge in [0.25, 0.3) is 5.91 Å². The molecule has 0 N–H and O–H groups in total. The van der Waals surface area contributed by atoms with Crippen molar-refractivity contribution in [3.8, 4) is 0 Å². The largest absolute Gasteiger partial charge is 0.465 e. The van der Waals surface area contributed by atoms with Crippen LogP contribution in [-0.2, 0) is 9.53 Å². The van der Waals surface area contributed by atoms with Crippen LogP contribution in [0.4, 0.5) is 5.69 Å². The third kappa shape index (κ3) is 2.83. The average Bonchev–Trinajstić information content (AvgIpc) is 2.88. The second kappa shape index (κ2) is 6.71. The zero-order valence-electron chi connectivity index (χ0n) is 13.8. The van der Waals surface area contributed by atoms with Gasteiger partial charge < -0.3 is 9.64 Å². The van der Waals surface area contributed by atoms with Crippen molar-refractivity contribution in [2.75, 3.05) is 18.6 Å². The Morgan fingerprint density at radius 3 is 2.50 bits per heavy atom. The number of esters is 1. The van der Waals surface area contributed by atoms with E-state index in [1.54, 1.807) is 12.1 Å². The molecule has 24 heavy (non-hydrogen) atoms. The van der Waals surface area contributed by atoms with Gasteiger partial charge in [-0.25, -0.2) is 4.79 Å². The van der Waals surface area contributed by atoms with Crippen molar-refractivity contribution < 1.29 is 14.3 Å². The predicted molar refractivity (Wildman–Crippen MR) is 94.7 cm³/mol. The van der Waals surface area contributed by atoms with Crippen molar-refractivity contribution in [3.05, 3.63) is 65.2 Å². The first-order chi connectivity index (χ1) is 11.7. The molecule has 1 aliphatic heterocycles. The zero-order valence-corrected chi connectivity index (χ0v) is 13.8. The summed E-state index contributed by atoms with van der Waals surface area (Å²) in [6, 6.07) is 14.9. The number of hydrogen-bond acceptors (Lipinski definition) is 3. The molecule has 0 unspecified atom stereocenters. The van der Waals surface area contributed by atoms with Gasteiger partial charge in [-0.05, 0) is 36.3 Å². The highest BCUT2D eigenvalue weighted by Gasteiger charge is 2.31. The lowest BCUT2D eigenvalue weighted by atomic mass is 10.0. The molecule has 0 aromatic heterocycles. The van der Waals surface area contributed by atoms with Crippen molar-refractivity contribution in [2.24, 2.45) is 0 Å². The van der Waals surface area contributed by atoms with Crippen LogP contribution < -0.4 is 4.90 Å². The Balaban J connectivity index is 1.98. The van der Waals surface area contributed by atoms with E-state index < -0.39 is 0 Å². The second-order valence-electron chi connectivity index (χ2n) is 5.65. The Labute approximate surface area is 141 Å². The highest BCUT2D eigenvalue weighted by atomic mass is 16.5. The second-order valence-corrected chi connectivity index (χ2v) is 5.65. The van der Waals surface area contributed by atoms with Crippen LogP contribution in [-0.4, -0.2) is 25.5 Å². The summed E-state index contributed by atoms with van der Waals surface area (Å²) in [5.74, 6) is -0.347. The Bertz CT molecular complexity index is 806. The number of carbonyl (C=O) groups is 2. The third-order valence-electron chi connectivity index (χ3n) is 4.05. The predicted octanol–water partition coefficient (Wildman–Crippen LogP) is 3.77. The number of anilines is 1. The van der Waals surface area contributed by atoms with Gasteiger partial charge in [0.1, 0.15) is 0 Å². The van der Waals surface area contributed by atoms with Gasteiger partial charge in [-0.2, -0.15) is 0 Å². The summed E-state index contributed by atoms with van der Waals surface area (Å²) in [5, 5.41) is 0. The maximum atomic E-state index is 12.8. The van der Waals surface area contributed by atoms with Gasteiger partial charge >= 0.3 is 5.97 Å². The number of benzene rings is 2. The highest BCUT2D eigenvalue weighted by molar-refractivity contribution is 6.35. The summed E-state index contributed by atoms with van der Waals surface area (Å²) in [5.41, 5.74) is 3.96. The molecule has 1 heterocycles. The quantitative estimate of drug-likeness (QED) is 0.636. The number of ether oxygens (including phenoxy) is 1.